The number of nitrogens with zero attached hydrogens (tertiary/aromatic N) is 2. The smallest absolute Gasteiger partial charge is 0.129 e. The average Bonchev–Trinajstić information content (AvgIpc) is 3.12. The number of aryl methyl sites for hydroxylation is 1. The highest BCUT2D eigenvalue weighted by Crippen LogP contribution is 2.35. The Morgan fingerprint density at radius 2 is 1.48 bits per heavy atom. The molecule has 0 fully saturated rings. The Morgan fingerprint density at radius 3 is 2.07 bits per heavy atom. The van der Waals surface area contributed by atoms with Crippen LogP contribution in [-0.4, -0.2) is 11.5 Å². The summed E-state index contributed by atoms with van der Waals surface area (Å²) in [5.41, 5.74) is 11.1. The Kier molecular flexibility index (Phi) is 5.50. The standard InChI is InChI=1S/C24H27N3/c25-16-15-22-12-11-21-13-14-23(26-24(21)22)27(17-19-7-3-1-4-8-19)18-20-9-5-2-6-10-20/h1-10,13-14,22H,11-12,15-18,25H2. The molecule has 0 aliphatic heterocycles. The molecule has 1 unspecified atom stereocenters. The monoisotopic (exact) mass is 357 g/mol. The SMILES string of the molecule is NCCC1CCc2ccc(N(Cc3ccccc3)Cc3ccccc3)nc21. The van der Waals surface area contributed by atoms with Gasteiger partial charge in [-0.15, -0.1) is 0 Å². The van der Waals surface area contributed by atoms with Crippen LogP contribution in [0.2, 0.25) is 0 Å². The largest absolute Gasteiger partial charge is 0.348 e. The van der Waals surface area contributed by atoms with E-state index in [0.717, 1.165) is 38.3 Å². The van der Waals surface area contributed by atoms with E-state index in [9.17, 15) is 0 Å². The summed E-state index contributed by atoms with van der Waals surface area (Å²) < 4.78 is 0. The topological polar surface area (TPSA) is 42.1 Å². The van der Waals surface area contributed by atoms with Gasteiger partial charge in [0, 0.05) is 24.7 Å². The molecule has 1 aliphatic rings. The van der Waals surface area contributed by atoms with Crippen LogP contribution in [0, 0.1) is 0 Å². The van der Waals surface area contributed by atoms with E-state index in [4.69, 9.17) is 10.7 Å². The van der Waals surface area contributed by atoms with Crippen LogP contribution in [0.5, 0.6) is 0 Å². The van der Waals surface area contributed by atoms with Gasteiger partial charge in [0.1, 0.15) is 5.82 Å². The van der Waals surface area contributed by atoms with Crippen LogP contribution < -0.4 is 10.6 Å². The van der Waals surface area contributed by atoms with E-state index in [1.807, 2.05) is 0 Å². The fraction of sp³-hybridized carbons (Fsp3) is 0.292. The van der Waals surface area contributed by atoms with Crippen molar-refractivity contribution in [1.29, 1.82) is 0 Å². The van der Waals surface area contributed by atoms with Gasteiger partial charge in [-0.25, -0.2) is 4.98 Å². The zero-order chi connectivity index (χ0) is 18.5. The highest BCUT2D eigenvalue weighted by atomic mass is 15.2. The molecule has 27 heavy (non-hydrogen) atoms. The molecule has 1 heterocycles. The fourth-order valence-electron chi connectivity index (χ4n) is 4.01. The van der Waals surface area contributed by atoms with Crippen molar-refractivity contribution in [1.82, 2.24) is 4.98 Å². The molecule has 3 aromatic rings. The molecule has 1 atom stereocenters. The summed E-state index contributed by atoms with van der Waals surface area (Å²) in [6, 6.07) is 25.7. The zero-order valence-corrected chi connectivity index (χ0v) is 15.7. The van der Waals surface area contributed by atoms with Gasteiger partial charge in [-0.05, 0) is 48.6 Å². The molecular formula is C24H27N3. The second-order valence-electron chi connectivity index (χ2n) is 7.35. The van der Waals surface area contributed by atoms with Crippen molar-refractivity contribution in [2.45, 2.75) is 38.3 Å². The van der Waals surface area contributed by atoms with Crippen LogP contribution in [0.25, 0.3) is 0 Å². The van der Waals surface area contributed by atoms with Crippen LogP contribution in [0.15, 0.2) is 72.8 Å². The maximum atomic E-state index is 5.83. The Balaban J connectivity index is 1.65. The summed E-state index contributed by atoms with van der Waals surface area (Å²) in [7, 11) is 0. The number of benzene rings is 2. The van der Waals surface area contributed by atoms with Crippen LogP contribution >= 0.6 is 0 Å². The maximum Gasteiger partial charge on any atom is 0.129 e. The highest BCUT2D eigenvalue weighted by molar-refractivity contribution is 5.46. The van der Waals surface area contributed by atoms with Crippen molar-refractivity contribution >= 4 is 5.82 Å². The minimum absolute atomic E-state index is 0.514. The fourth-order valence-corrected chi connectivity index (χ4v) is 4.01. The third-order valence-electron chi connectivity index (χ3n) is 5.42. The Morgan fingerprint density at radius 1 is 0.852 bits per heavy atom. The molecule has 0 radical (unpaired) electrons. The molecule has 0 amide bonds. The number of nitrogens with two attached hydrogens (primary N) is 1. The van der Waals surface area contributed by atoms with Crippen molar-refractivity contribution in [2.24, 2.45) is 5.73 Å². The highest BCUT2D eigenvalue weighted by Gasteiger charge is 2.24. The molecular weight excluding hydrogens is 330 g/mol. The van der Waals surface area contributed by atoms with Crippen LogP contribution in [0.4, 0.5) is 5.82 Å². The van der Waals surface area contributed by atoms with Crippen LogP contribution in [0.1, 0.15) is 41.1 Å². The predicted molar refractivity (Wildman–Crippen MR) is 112 cm³/mol. The molecule has 3 nitrogen and oxygen atoms in total. The molecule has 2 aromatic carbocycles. The quantitative estimate of drug-likeness (QED) is 0.668. The summed E-state index contributed by atoms with van der Waals surface area (Å²) in [6.07, 6.45) is 3.34. The van der Waals surface area contributed by atoms with Crippen molar-refractivity contribution in [3.8, 4) is 0 Å². The number of anilines is 1. The number of hydrogen-bond donors (Lipinski definition) is 1. The number of fused-ring (bicyclic) bond motifs is 1. The molecule has 3 heteroatoms. The van der Waals surface area contributed by atoms with Gasteiger partial charge in [0.05, 0.1) is 0 Å². The molecule has 0 spiro atoms. The second-order valence-corrected chi connectivity index (χ2v) is 7.35. The normalized spacial score (nSPS) is 15.5. The van der Waals surface area contributed by atoms with Gasteiger partial charge in [-0.2, -0.15) is 0 Å². The van der Waals surface area contributed by atoms with Crippen molar-refractivity contribution in [3.05, 3.63) is 95.2 Å². The minimum atomic E-state index is 0.514. The Hall–Kier alpha value is -2.65. The molecule has 0 bridgehead atoms. The lowest BCUT2D eigenvalue weighted by Crippen LogP contribution is -2.23. The van der Waals surface area contributed by atoms with Gasteiger partial charge in [-0.1, -0.05) is 66.7 Å². The van der Waals surface area contributed by atoms with Crippen LogP contribution in [-0.2, 0) is 19.5 Å². The van der Waals surface area contributed by atoms with E-state index >= 15 is 0 Å². The third kappa shape index (κ3) is 4.20. The van der Waals surface area contributed by atoms with E-state index < -0.39 is 0 Å². The first kappa shape index (κ1) is 17.7. The Bertz CT molecular complexity index is 818. The molecule has 4 rings (SSSR count). The third-order valence-corrected chi connectivity index (χ3v) is 5.42. The first-order valence-corrected chi connectivity index (χ1v) is 9.86. The molecule has 1 aromatic heterocycles. The first-order valence-electron chi connectivity index (χ1n) is 9.86. The lowest BCUT2D eigenvalue weighted by Gasteiger charge is -2.25. The van der Waals surface area contributed by atoms with Gasteiger partial charge in [-0.3, -0.25) is 0 Å². The van der Waals surface area contributed by atoms with Crippen molar-refractivity contribution in [3.63, 3.8) is 0 Å². The van der Waals surface area contributed by atoms with Crippen LogP contribution in [0.3, 0.4) is 0 Å². The average molecular weight is 358 g/mol. The maximum absolute atomic E-state index is 5.83. The van der Waals surface area contributed by atoms with E-state index in [1.165, 1.54) is 28.8 Å². The minimum Gasteiger partial charge on any atom is -0.348 e. The molecule has 0 saturated carbocycles. The van der Waals surface area contributed by atoms with E-state index in [-0.39, 0.29) is 0 Å². The van der Waals surface area contributed by atoms with E-state index in [0.29, 0.717) is 5.92 Å². The summed E-state index contributed by atoms with van der Waals surface area (Å²) in [6.45, 7) is 2.43. The van der Waals surface area contributed by atoms with Crippen molar-refractivity contribution < 1.29 is 0 Å². The second kappa shape index (κ2) is 8.36. The molecule has 1 aliphatic carbocycles. The summed E-state index contributed by atoms with van der Waals surface area (Å²) in [5, 5.41) is 0. The predicted octanol–water partition coefficient (Wildman–Crippen LogP) is 4.67. The van der Waals surface area contributed by atoms with Gasteiger partial charge in [0.2, 0.25) is 0 Å². The summed E-state index contributed by atoms with van der Waals surface area (Å²) in [4.78, 5) is 7.49. The molecule has 2 N–H and O–H groups in total. The first-order chi connectivity index (χ1) is 13.3. The number of rotatable bonds is 7. The van der Waals surface area contributed by atoms with E-state index in [2.05, 4.69) is 77.7 Å². The van der Waals surface area contributed by atoms with Gasteiger partial charge >= 0.3 is 0 Å². The van der Waals surface area contributed by atoms with Gasteiger partial charge < -0.3 is 10.6 Å². The lowest BCUT2D eigenvalue weighted by molar-refractivity contribution is 0.614. The van der Waals surface area contributed by atoms with Crippen molar-refractivity contribution in [2.75, 3.05) is 11.4 Å². The molecule has 138 valence electrons. The van der Waals surface area contributed by atoms with Gasteiger partial charge in [0.25, 0.3) is 0 Å². The summed E-state index contributed by atoms with van der Waals surface area (Å²) >= 11 is 0. The molecule has 0 saturated heterocycles. The Labute approximate surface area is 161 Å². The number of aromatic nitrogens is 1. The number of pyridine rings is 1. The zero-order valence-electron chi connectivity index (χ0n) is 15.7. The number of hydrogen-bond acceptors (Lipinski definition) is 3. The lowest BCUT2D eigenvalue weighted by atomic mass is 10.0. The van der Waals surface area contributed by atoms with Gasteiger partial charge in [0.15, 0.2) is 0 Å². The van der Waals surface area contributed by atoms with E-state index in [1.54, 1.807) is 0 Å². The summed E-state index contributed by atoms with van der Waals surface area (Å²) in [5.74, 6) is 1.57.